The van der Waals surface area contributed by atoms with Gasteiger partial charge in [0.05, 0.1) is 5.75 Å². The highest BCUT2D eigenvalue weighted by molar-refractivity contribution is 7.99. The molecule has 2 saturated heterocycles. The van der Waals surface area contributed by atoms with Crippen LogP contribution in [0.15, 0.2) is 41.6 Å². The second-order valence-electron chi connectivity index (χ2n) is 11.4. The maximum absolute atomic E-state index is 12.9. The molecular weight excluding hydrogens is 520 g/mol. The molecule has 1 atom stereocenters. The third kappa shape index (κ3) is 8.07. The summed E-state index contributed by atoms with van der Waals surface area (Å²) in [6.45, 7) is 14.4. The fraction of sp³-hybridized carbons (Fsp3) is 0.571. The zero-order chi connectivity index (χ0) is 27.3. The molecule has 38 heavy (non-hydrogen) atoms. The van der Waals surface area contributed by atoms with Crippen LogP contribution in [-0.4, -0.2) is 94.1 Å². The van der Waals surface area contributed by atoms with Gasteiger partial charge in [0.25, 0.3) is 0 Å². The van der Waals surface area contributed by atoms with Gasteiger partial charge in [-0.25, -0.2) is 9.97 Å². The summed E-state index contributed by atoms with van der Waals surface area (Å²) in [4.78, 5) is 43.2. The first-order valence-corrected chi connectivity index (χ1v) is 14.7. The topological polar surface area (TPSA) is 72.9 Å². The lowest BCUT2D eigenvalue weighted by Crippen LogP contribution is -2.54. The summed E-state index contributed by atoms with van der Waals surface area (Å²) in [6, 6.07) is 12.3. The van der Waals surface area contributed by atoms with E-state index in [1.165, 1.54) is 17.3 Å². The van der Waals surface area contributed by atoms with Crippen molar-refractivity contribution in [2.45, 2.75) is 51.9 Å². The van der Waals surface area contributed by atoms with Crippen molar-refractivity contribution in [2.75, 3.05) is 56.5 Å². The van der Waals surface area contributed by atoms with E-state index in [0.717, 1.165) is 38.5 Å². The summed E-state index contributed by atoms with van der Waals surface area (Å²) >= 11 is 7.68. The first-order valence-electron chi connectivity index (χ1n) is 13.3. The van der Waals surface area contributed by atoms with Gasteiger partial charge in [-0.1, -0.05) is 74.5 Å². The molecule has 10 heteroatoms. The zero-order valence-corrected chi connectivity index (χ0v) is 24.5. The van der Waals surface area contributed by atoms with Gasteiger partial charge in [-0.3, -0.25) is 14.5 Å². The minimum atomic E-state index is -0.0343. The van der Waals surface area contributed by atoms with Gasteiger partial charge in [0.1, 0.15) is 11.0 Å². The Kier molecular flexibility index (Phi) is 9.54. The molecular formula is C28H39ClN6O2S. The van der Waals surface area contributed by atoms with Gasteiger partial charge in [0.2, 0.25) is 11.8 Å². The zero-order valence-electron chi connectivity index (χ0n) is 22.9. The van der Waals surface area contributed by atoms with Crippen LogP contribution >= 0.6 is 23.4 Å². The van der Waals surface area contributed by atoms with Crippen LogP contribution in [0.1, 0.15) is 39.7 Å². The van der Waals surface area contributed by atoms with Crippen molar-refractivity contribution in [3.8, 4) is 0 Å². The largest absolute Gasteiger partial charge is 0.353 e. The van der Waals surface area contributed by atoms with Gasteiger partial charge < -0.3 is 14.7 Å². The molecule has 1 aromatic carbocycles. The molecule has 2 aliphatic heterocycles. The fourth-order valence-electron chi connectivity index (χ4n) is 4.92. The number of halogens is 1. The molecule has 8 nitrogen and oxygen atoms in total. The number of aromatic nitrogens is 2. The predicted octanol–water partition coefficient (Wildman–Crippen LogP) is 4.04. The minimum Gasteiger partial charge on any atom is -0.353 e. The van der Waals surface area contributed by atoms with E-state index in [4.69, 9.17) is 16.6 Å². The second-order valence-corrected chi connectivity index (χ2v) is 12.7. The molecule has 0 radical (unpaired) electrons. The molecule has 0 spiro atoms. The highest BCUT2D eigenvalue weighted by Gasteiger charge is 2.30. The van der Waals surface area contributed by atoms with Crippen LogP contribution < -0.4 is 4.90 Å². The maximum Gasteiger partial charge on any atom is 0.233 e. The van der Waals surface area contributed by atoms with Crippen LogP contribution in [-0.2, 0) is 16.1 Å². The number of hydrogen-bond acceptors (Lipinski definition) is 7. The predicted molar refractivity (Wildman–Crippen MR) is 154 cm³/mol. The quantitative estimate of drug-likeness (QED) is 0.288. The van der Waals surface area contributed by atoms with E-state index in [-0.39, 0.29) is 29.0 Å². The van der Waals surface area contributed by atoms with Crippen LogP contribution in [0, 0.1) is 5.41 Å². The van der Waals surface area contributed by atoms with E-state index in [9.17, 15) is 9.59 Å². The van der Waals surface area contributed by atoms with E-state index in [1.807, 2.05) is 15.9 Å². The summed E-state index contributed by atoms with van der Waals surface area (Å²) in [5.41, 5.74) is 1.26. The highest BCUT2D eigenvalue weighted by Crippen LogP contribution is 2.26. The van der Waals surface area contributed by atoms with Crippen LogP contribution in [0.4, 0.5) is 5.82 Å². The normalized spacial score (nSPS) is 19.1. The average molecular weight is 559 g/mol. The van der Waals surface area contributed by atoms with Gasteiger partial charge in [0.15, 0.2) is 5.16 Å². The summed E-state index contributed by atoms with van der Waals surface area (Å²) in [6.07, 6.45) is 0.535. The van der Waals surface area contributed by atoms with Crippen molar-refractivity contribution in [1.29, 1.82) is 0 Å². The van der Waals surface area contributed by atoms with Crippen molar-refractivity contribution >= 4 is 41.0 Å². The average Bonchev–Trinajstić information content (AvgIpc) is 2.87. The molecule has 0 N–H and O–H groups in total. The summed E-state index contributed by atoms with van der Waals surface area (Å²) in [5, 5.41) is 0.862. The Morgan fingerprint density at radius 1 is 1.00 bits per heavy atom. The summed E-state index contributed by atoms with van der Waals surface area (Å²) in [5.74, 6) is 1.31. The lowest BCUT2D eigenvalue weighted by Gasteiger charge is -2.41. The SMILES string of the molecule is CC1CN(c2cc(Cl)nc(SCC(=O)N3CCN(Cc4ccccc4)CC3)n2)CCN1C(=O)CC(C)(C)C. The van der Waals surface area contributed by atoms with Gasteiger partial charge in [-0.15, -0.1) is 0 Å². The molecule has 1 aromatic heterocycles. The van der Waals surface area contributed by atoms with E-state index in [0.29, 0.717) is 36.4 Å². The van der Waals surface area contributed by atoms with E-state index < -0.39 is 0 Å². The molecule has 206 valence electrons. The molecule has 1 unspecified atom stereocenters. The van der Waals surface area contributed by atoms with Crippen molar-refractivity contribution in [2.24, 2.45) is 5.41 Å². The molecule has 2 aromatic rings. The van der Waals surface area contributed by atoms with Crippen molar-refractivity contribution in [3.05, 3.63) is 47.1 Å². The van der Waals surface area contributed by atoms with E-state index in [2.05, 4.69) is 66.7 Å². The Morgan fingerprint density at radius 2 is 1.71 bits per heavy atom. The molecule has 4 rings (SSSR count). The standard InChI is InChI=1S/C28H39ClN6O2S/c1-21-18-34(14-15-35(21)25(36)17-28(2,3)4)24-16-23(29)30-27(31-24)38-20-26(37)33-12-10-32(11-13-33)19-22-8-6-5-7-9-22/h5-9,16,21H,10-15,17-20H2,1-4H3. The number of carbonyl (C=O) groups is 2. The van der Waals surface area contributed by atoms with Crippen LogP contribution in [0.3, 0.4) is 0 Å². The van der Waals surface area contributed by atoms with E-state index >= 15 is 0 Å². The van der Waals surface area contributed by atoms with Crippen molar-refractivity contribution in [1.82, 2.24) is 24.7 Å². The number of thioether (sulfide) groups is 1. The molecule has 2 aliphatic rings. The fourth-order valence-corrected chi connectivity index (χ4v) is 5.90. The third-order valence-electron chi connectivity index (χ3n) is 6.91. The van der Waals surface area contributed by atoms with Gasteiger partial charge in [0, 0.05) is 70.9 Å². The number of piperazine rings is 2. The first kappa shape index (κ1) is 28.6. The molecule has 0 bridgehead atoms. The van der Waals surface area contributed by atoms with Gasteiger partial charge >= 0.3 is 0 Å². The monoisotopic (exact) mass is 558 g/mol. The number of hydrogen-bond donors (Lipinski definition) is 0. The summed E-state index contributed by atoms with van der Waals surface area (Å²) in [7, 11) is 0. The van der Waals surface area contributed by atoms with Gasteiger partial charge in [-0.05, 0) is 17.9 Å². The Morgan fingerprint density at radius 3 is 2.37 bits per heavy atom. The highest BCUT2D eigenvalue weighted by atomic mass is 35.5. The first-order chi connectivity index (χ1) is 18.1. The second kappa shape index (κ2) is 12.7. The molecule has 2 fully saturated rings. The Bertz CT molecular complexity index is 1100. The number of amides is 2. The maximum atomic E-state index is 12.9. The lowest BCUT2D eigenvalue weighted by molar-refractivity contribution is -0.135. The molecule has 0 saturated carbocycles. The number of benzene rings is 1. The smallest absolute Gasteiger partial charge is 0.233 e. The van der Waals surface area contributed by atoms with Crippen molar-refractivity contribution in [3.63, 3.8) is 0 Å². The Balaban J connectivity index is 1.27. The number of rotatable bonds is 7. The van der Waals surface area contributed by atoms with Crippen LogP contribution in [0.2, 0.25) is 5.15 Å². The Hall–Kier alpha value is -2.36. The Labute approximate surface area is 235 Å². The third-order valence-corrected chi connectivity index (χ3v) is 7.94. The minimum absolute atomic E-state index is 0.0343. The number of nitrogens with zero attached hydrogens (tertiary/aromatic N) is 6. The molecule has 0 aliphatic carbocycles. The molecule has 3 heterocycles. The van der Waals surface area contributed by atoms with Crippen molar-refractivity contribution < 1.29 is 9.59 Å². The van der Waals surface area contributed by atoms with Crippen LogP contribution in [0.25, 0.3) is 0 Å². The number of carbonyl (C=O) groups excluding carboxylic acids is 2. The van der Waals surface area contributed by atoms with Gasteiger partial charge in [-0.2, -0.15) is 0 Å². The summed E-state index contributed by atoms with van der Waals surface area (Å²) < 4.78 is 0. The van der Waals surface area contributed by atoms with Crippen LogP contribution in [0.5, 0.6) is 0 Å². The van der Waals surface area contributed by atoms with E-state index in [1.54, 1.807) is 6.07 Å². The molecule has 2 amide bonds. The lowest BCUT2D eigenvalue weighted by atomic mass is 9.91. The number of anilines is 1.